The number of aryl methyl sites for hydroxylation is 1. The molecular formula is C20H19N3O4. The zero-order valence-electron chi connectivity index (χ0n) is 14.8. The largest absolute Gasteiger partial charge is 0.347 e. The molecule has 1 fully saturated rings. The van der Waals surface area contributed by atoms with E-state index in [4.69, 9.17) is 0 Å². The van der Waals surface area contributed by atoms with Crippen molar-refractivity contribution in [3.8, 4) is 0 Å². The lowest BCUT2D eigenvalue weighted by molar-refractivity contribution is -0.384. The first-order chi connectivity index (χ1) is 12.9. The summed E-state index contributed by atoms with van der Waals surface area (Å²) in [6, 6.07) is 13.3. The summed E-state index contributed by atoms with van der Waals surface area (Å²) < 4.78 is 0. The van der Waals surface area contributed by atoms with Crippen molar-refractivity contribution in [1.29, 1.82) is 0 Å². The van der Waals surface area contributed by atoms with Gasteiger partial charge in [0.15, 0.2) is 0 Å². The van der Waals surface area contributed by atoms with Gasteiger partial charge in [-0.1, -0.05) is 17.7 Å². The SMILES string of the molecule is Cc1ccc(N2CC(NC(=O)/C=C\c3ccc([N+](=O)[O-])cc3)CC2=O)cc1. The third-order valence-corrected chi connectivity index (χ3v) is 4.35. The van der Waals surface area contributed by atoms with Crippen molar-refractivity contribution >= 4 is 29.3 Å². The molecule has 1 unspecified atom stereocenters. The smallest absolute Gasteiger partial charge is 0.269 e. The minimum Gasteiger partial charge on any atom is -0.347 e. The average molecular weight is 365 g/mol. The summed E-state index contributed by atoms with van der Waals surface area (Å²) in [4.78, 5) is 36.2. The summed E-state index contributed by atoms with van der Waals surface area (Å²) in [6.45, 7) is 2.41. The van der Waals surface area contributed by atoms with Gasteiger partial charge in [-0.3, -0.25) is 19.7 Å². The lowest BCUT2D eigenvalue weighted by Gasteiger charge is -2.17. The Balaban J connectivity index is 1.57. The molecule has 0 saturated carbocycles. The summed E-state index contributed by atoms with van der Waals surface area (Å²) in [5.74, 6) is -0.333. The Morgan fingerprint density at radius 2 is 1.85 bits per heavy atom. The predicted octanol–water partition coefficient (Wildman–Crippen LogP) is 2.84. The Labute approximate surface area is 156 Å². The number of nitro groups is 1. The fourth-order valence-electron chi connectivity index (χ4n) is 2.91. The first-order valence-electron chi connectivity index (χ1n) is 8.52. The number of non-ortho nitro benzene ring substituents is 1. The third kappa shape index (κ3) is 4.58. The van der Waals surface area contributed by atoms with E-state index in [2.05, 4.69) is 5.32 Å². The Kier molecular flexibility index (Phi) is 5.30. The maximum absolute atomic E-state index is 12.2. The molecule has 138 valence electrons. The number of carbonyl (C=O) groups is 2. The lowest BCUT2D eigenvalue weighted by atomic mass is 10.2. The van der Waals surface area contributed by atoms with Crippen LogP contribution < -0.4 is 10.2 Å². The van der Waals surface area contributed by atoms with E-state index in [0.29, 0.717) is 12.1 Å². The van der Waals surface area contributed by atoms with Gasteiger partial charge in [-0.05, 0) is 42.8 Å². The number of hydrogen-bond acceptors (Lipinski definition) is 4. The molecule has 27 heavy (non-hydrogen) atoms. The van der Waals surface area contributed by atoms with E-state index in [1.54, 1.807) is 23.1 Å². The van der Waals surface area contributed by atoms with Gasteiger partial charge in [-0.2, -0.15) is 0 Å². The highest BCUT2D eigenvalue weighted by atomic mass is 16.6. The molecule has 1 heterocycles. The van der Waals surface area contributed by atoms with Crippen LogP contribution in [0.1, 0.15) is 17.5 Å². The molecule has 0 spiro atoms. The Morgan fingerprint density at radius 1 is 1.19 bits per heavy atom. The third-order valence-electron chi connectivity index (χ3n) is 4.35. The average Bonchev–Trinajstić information content (AvgIpc) is 3.01. The van der Waals surface area contributed by atoms with Gasteiger partial charge in [0, 0.05) is 36.9 Å². The van der Waals surface area contributed by atoms with E-state index >= 15 is 0 Å². The number of rotatable bonds is 5. The molecule has 2 aromatic carbocycles. The molecule has 0 aromatic heterocycles. The van der Waals surface area contributed by atoms with Crippen molar-refractivity contribution < 1.29 is 14.5 Å². The van der Waals surface area contributed by atoms with Gasteiger partial charge in [0.25, 0.3) is 5.69 Å². The van der Waals surface area contributed by atoms with Gasteiger partial charge < -0.3 is 10.2 Å². The summed E-state index contributed by atoms with van der Waals surface area (Å²) in [5.41, 5.74) is 2.62. The second-order valence-corrected chi connectivity index (χ2v) is 6.43. The van der Waals surface area contributed by atoms with Crippen LogP contribution in [-0.4, -0.2) is 29.3 Å². The number of nitrogens with zero attached hydrogens (tertiary/aromatic N) is 2. The fraction of sp³-hybridized carbons (Fsp3) is 0.200. The van der Waals surface area contributed by atoms with Crippen LogP contribution in [0.25, 0.3) is 6.08 Å². The van der Waals surface area contributed by atoms with E-state index in [1.165, 1.54) is 18.2 Å². The number of carbonyl (C=O) groups excluding carboxylic acids is 2. The zero-order valence-corrected chi connectivity index (χ0v) is 14.8. The minimum absolute atomic E-state index is 0.00253. The predicted molar refractivity (Wildman–Crippen MR) is 102 cm³/mol. The molecule has 1 aliphatic heterocycles. The van der Waals surface area contributed by atoms with E-state index in [0.717, 1.165) is 11.3 Å². The maximum Gasteiger partial charge on any atom is 0.269 e. The topological polar surface area (TPSA) is 92.6 Å². The van der Waals surface area contributed by atoms with Crippen molar-refractivity contribution in [1.82, 2.24) is 5.32 Å². The van der Waals surface area contributed by atoms with Crippen molar-refractivity contribution in [2.24, 2.45) is 0 Å². The second-order valence-electron chi connectivity index (χ2n) is 6.43. The van der Waals surface area contributed by atoms with Crippen LogP contribution in [0, 0.1) is 17.0 Å². The first kappa shape index (κ1) is 18.3. The van der Waals surface area contributed by atoms with Gasteiger partial charge >= 0.3 is 0 Å². The Morgan fingerprint density at radius 3 is 2.48 bits per heavy atom. The van der Waals surface area contributed by atoms with Gasteiger partial charge in [0.1, 0.15) is 0 Å². The summed E-state index contributed by atoms with van der Waals surface area (Å²) in [6.07, 6.45) is 3.19. The van der Waals surface area contributed by atoms with Crippen molar-refractivity contribution in [2.75, 3.05) is 11.4 Å². The molecule has 1 atom stereocenters. The van der Waals surface area contributed by atoms with E-state index in [-0.39, 0.29) is 30.0 Å². The Bertz CT molecular complexity index is 888. The summed E-state index contributed by atoms with van der Waals surface area (Å²) in [7, 11) is 0. The van der Waals surface area contributed by atoms with E-state index in [9.17, 15) is 19.7 Å². The van der Waals surface area contributed by atoms with Crippen molar-refractivity contribution in [2.45, 2.75) is 19.4 Å². The van der Waals surface area contributed by atoms with Crippen LogP contribution >= 0.6 is 0 Å². The van der Waals surface area contributed by atoms with Crippen LogP contribution in [0.15, 0.2) is 54.6 Å². The lowest BCUT2D eigenvalue weighted by Crippen LogP contribution is -2.36. The van der Waals surface area contributed by atoms with Crippen molar-refractivity contribution in [3.63, 3.8) is 0 Å². The number of anilines is 1. The van der Waals surface area contributed by atoms with Gasteiger partial charge in [-0.15, -0.1) is 0 Å². The van der Waals surface area contributed by atoms with Crippen molar-refractivity contribution in [3.05, 3.63) is 75.8 Å². The molecule has 3 rings (SSSR count). The normalized spacial score (nSPS) is 16.7. The molecule has 0 aliphatic carbocycles. The molecule has 2 amide bonds. The van der Waals surface area contributed by atoms with Gasteiger partial charge in [0.2, 0.25) is 11.8 Å². The van der Waals surface area contributed by atoms with E-state index < -0.39 is 4.92 Å². The van der Waals surface area contributed by atoms with Gasteiger partial charge in [-0.25, -0.2) is 0 Å². The summed E-state index contributed by atoms with van der Waals surface area (Å²) >= 11 is 0. The van der Waals surface area contributed by atoms with Crippen LogP contribution in [0.3, 0.4) is 0 Å². The number of nitro benzene ring substituents is 1. The van der Waals surface area contributed by atoms with Gasteiger partial charge in [0.05, 0.1) is 11.0 Å². The van der Waals surface area contributed by atoms with Crippen LogP contribution in [0.5, 0.6) is 0 Å². The molecule has 0 bridgehead atoms. The van der Waals surface area contributed by atoms with E-state index in [1.807, 2.05) is 31.2 Å². The molecule has 0 radical (unpaired) electrons. The molecule has 1 N–H and O–H groups in total. The second kappa shape index (κ2) is 7.82. The molecule has 2 aromatic rings. The van der Waals surface area contributed by atoms with Crippen LogP contribution in [-0.2, 0) is 9.59 Å². The monoisotopic (exact) mass is 365 g/mol. The molecule has 1 saturated heterocycles. The highest BCUT2D eigenvalue weighted by Crippen LogP contribution is 2.22. The molecule has 7 heteroatoms. The number of benzene rings is 2. The minimum atomic E-state index is -0.475. The Hall–Kier alpha value is -3.48. The molecule has 7 nitrogen and oxygen atoms in total. The quantitative estimate of drug-likeness (QED) is 0.501. The number of hydrogen-bond donors (Lipinski definition) is 1. The number of nitrogens with one attached hydrogen (secondary N) is 1. The van der Waals surface area contributed by atoms with Crippen LogP contribution in [0.4, 0.5) is 11.4 Å². The number of amides is 2. The standard InChI is InChI=1S/C20H19N3O4/c1-14-2-7-17(8-3-14)22-13-16(12-20(22)25)21-19(24)11-6-15-4-9-18(10-5-15)23(26)27/h2-11,16H,12-13H2,1H3,(H,21,24)/b11-6-. The first-order valence-corrected chi connectivity index (χ1v) is 8.52. The molecular weight excluding hydrogens is 346 g/mol. The maximum atomic E-state index is 12.2. The highest BCUT2D eigenvalue weighted by molar-refractivity contribution is 5.98. The fourth-order valence-corrected chi connectivity index (χ4v) is 2.91. The summed E-state index contributed by atoms with van der Waals surface area (Å²) in [5, 5.41) is 13.5. The molecule has 1 aliphatic rings. The van der Waals surface area contributed by atoms with Crippen LogP contribution in [0.2, 0.25) is 0 Å². The zero-order chi connectivity index (χ0) is 19.4. The highest BCUT2D eigenvalue weighted by Gasteiger charge is 2.31.